The van der Waals surface area contributed by atoms with Crippen molar-refractivity contribution < 1.29 is 5.11 Å². The Morgan fingerprint density at radius 1 is 1.12 bits per heavy atom. The SMILES string of the molecule is C[Si](C)(C)C#Cc1cccc(C#CCO)c1. The highest BCUT2D eigenvalue weighted by Gasteiger charge is 2.07. The van der Waals surface area contributed by atoms with Crippen LogP contribution in [0.5, 0.6) is 0 Å². The lowest BCUT2D eigenvalue weighted by molar-refractivity contribution is 0.350. The van der Waals surface area contributed by atoms with Crippen molar-refractivity contribution in [3.8, 4) is 23.3 Å². The molecule has 1 nitrogen and oxygen atoms in total. The zero-order chi connectivity index (χ0) is 12.0. The van der Waals surface area contributed by atoms with Crippen LogP contribution < -0.4 is 0 Å². The highest BCUT2D eigenvalue weighted by Crippen LogP contribution is 2.04. The standard InChI is InChI=1S/C14H16OSi/c1-16(2,3)11-9-14-7-4-6-13(12-14)8-5-10-15/h4,6-7,12,15H,10H2,1-3H3. The van der Waals surface area contributed by atoms with Gasteiger partial charge in [-0.15, -0.1) is 5.54 Å². The first-order valence-electron chi connectivity index (χ1n) is 5.24. The lowest BCUT2D eigenvalue weighted by Crippen LogP contribution is -2.16. The van der Waals surface area contributed by atoms with Crippen molar-refractivity contribution in [1.82, 2.24) is 0 Å². The molecule has 16 heavy (non-hydrogen) atoms. The monoisotopic (exact) mass is 228 g/mol. The predicted octanol–water partition coefficient (Wildman–Crippen LogP) is 2.26. The van der Waals surface area contributed by atoms with E-state index in [1.54, 1.807) is 0 Å². The van der Waals surface area contributed by atoms with E-state index in [9.17, 15) is 0 Å². The molecule has 0 bridgehead atoms. The summed E-state index contributed by atoms with van der Waals surface area (Å²) in [6.45, 7) is 6.55. The van der Waals surface area contributed by atoms with Crippen LogP contribution in [-0.4, -0.2) is 19.8 Å². The molecule has 0 aromatic heterocycles. The number of aliphatic hydroxyl groups is 1. The van der Waals surface area contributed by atoms with Crippen LogP contribution >= 0.6 is 0 Å². The van der Waals surface area contributed by atoms with Gasteiger partial charge in [-0.2, -0.15) is 0 Å². The Morgan fingerprint density at radius 3 is 2.31 bits per heavy atom. The summed E-state index contributed by atoms with van der Waals surface area (Å²) >= 11 is 0. The van der Waals surface area contributed by atoms with Gasteiger partial charge in [0.25, 0.3) is 0 Å². The third-order valence-corrected chi connectivity index (χ3v) is 2.63. The van der Waals surface area contributed by atoms with Crippen molar-refractivity contribution in [3.63, 3.8) is 0 Å². The molecular weight excluding hydrogens is 212 g/mol. The van der Waals surface area contributed by atoms with Gasteiger partial charge in [0.15, 0.2) is 0 Å². The molecule has 0 saturated heterocycles. The molecule has 1 aromatic carbocycles. The minimum atomic E-state index is -1.32. The number of aliphatic hydroxyl groups excluding tert-OH is 1. The first-order valence-corrected chi connectivity index (χ1v) is 8.74. The van der Waals surface area contributed by atoms with Gasteiger partial charge in [0.05, 0.1) is 0 Å². The van der Waals surface area contributed by atoms with E-state index in [1.165, 1.54) is 0 Å². The molecule has 0 atom stereocenters. The molecule has 0 radical (unpaired) electrons. The third kappa shape index (κ3) is 4.84. The van der Waals surface area contributed by atoms with Gasteiger partial charge >= 0.3 is 0 Å². The minimum Gasteiger partial charge on any atom is -0.384 e. The van der Waals surface area contributed by atoms with E-state index in [0.717, 1.165) is 11.1 Å². The highest BCUT2D eigenvalue weighted by molar-refractivity contribution is 6.83. The van der Waals surface area contributed by atoms with Crippen molar-refractivity contribution in [2.45, 2.75) is 19.6 Å². The summed E-state index contributed by atoms with van der Waals surface area (Å²) in [6.07, 6.45) is 0. The van der Waals surface area contributed by atoms with Gasteiger partial charge in [-0.1, -0.05) is 43.5 Å². The summed E-state index contributed by atoms with van der Waals surface area (Å²) in [5.41, 5.74) is 5.20. The summed E-state index contributed by atoms with van der Waals surface area (Å²) in [7, 11) is -1.32. The number of benzene rings is 1. The predicted molar refractivity (Wildman–Crippen MR) is 70.6 cm³/mol. The molecule has 0 amide bonds. The van der Waals surface area contributed by atoms with Crippen molar-refractivity contribution in [2.75, 3.05) is 6.61 Å². The van der Waals surface area contributed by atoms with Gasteiger partial charge in [0, 0.05) is 11.1 Å². The van der Waals surface area contributed by atoms with E-state index in [-0.39, 0.29) is 6.61 Å². The fraction of sp³-hybridized carbons (Fsp3) is 0.286. The van der Waals surface area contributed by atoms with Crippen LogP contribution in [0.15, 0.2) is 24.3 Å². The molecule has 0 unspecified atom stereocenters. The van der Waals surface area contributed by atoms with E-state index in [4.69, 9.17) is 5.11 Å². The maximum Gasteiger partial charge on any atom is 0.129 e. The molecule has 82 valence electrons. The Bertz CT molecular complexity index is 475. The van der Waals surface area contributed by atoms with E-state index in [2.05, 4.69) is 42.9 Å². The zero-order valence-corrected chi connectivity index (χ0v) is 11.0. The molecule has 0 aliphatic heterocycles. The van der Waals surface area contributed by atoms with Crippen molar-refractivity contribution in [3.05, 3.63) is 35.4 Å². The fourth-order valence-corrected chi connectivity index (χ4v) is 1.60. The van der Waals surface area contributed by atoms with Crippen molar-refractivity contribution in [1.29, 1.82) is 0 Å². The highest BCUT2D eigenvalue weighted by atomic mass is 28.3. The first kappa shape index (κ1) is 12.6. The molecule has 1 N–H and O–H groups in total. The van der Waals surface area contributed by atoms with Crippen LogP contribution in [0.3, 0.4) is 0 Å². The van der Waals surface area contributed by atoms with Gasteiger partial charge in [0.1, 0.15) is 14.7 Å². The van der Waals surface area contributed by atoms with Gasteiger partial charge in [-0.3, -0.25) is 0 Å². The quantitative estimate of drug-likeness (QED) is 0.533. The Balaban J connectivity index is 2.94. The van der Waals surface area contributed by atoms with E-state index < -0.39 is 8.07 Å². The van der Waals surface area contributed by atoms with Crippen LogP contribution in [0.25, 0.3) is 0 Å². The van der Waals surface area contributed by atoms with Gasteiger partial charge in [0.2, 0.25) is 0 Å². The maximum atomic E-state index is 8.61. The second-order valence-corrected chi connectivity index (χ2v) is 9.29. The Labute approximate surface area is 98.5 Å². The number of rotatable bonds is 0. The van der Waals surface area contributed by atoms with Gasteiger partial charge < -0.3 is 5.11 Å². The first-order chi connectivity index (χ1) is 7.51. The van der Waals surface area contributed by atoms with E-state index in [1.807, 2.05) is 24.3 Å². The molecule has 0 spiro atoms. The maximum absolute atomic E-state index is 8.61. The molecule has 1 aromatic rings. The Kier molecular flexibility index (Phi) is 4.37. The van der Waals surface area contributed by atoms with Crippen LogP contribution in [0, 0.1) is 23.3 Å². The summed E-state index contributed by atoms with van der Waals surface area (Å²) in [4.78, 5) is 0. The van der Waals surface area contributed by atoms with E-state index in [0.29, 0.717) is 0 Å². The lowest BCUT2D eigenvalue weighted by Gasteiger charge is -2.03. The number of hydrogen-bond donors (Lipinski definition) is 1. The summed E-state index contributed by atoms with van der Waals surface area (Å²) in [6, 6.07) is 7.80. The fourth-order valence-electron chi connectivity index (χ4n) is 1.08. The Hall–Kier alpha value is -1.48. The molecule has 0 saturated carbocycles. The van der Waals surface area contributed by atoms with Crippen LogP contribution in [0.1, 0.15) is 11.1 Å². The molecule has 0 fully saturated rings. The van der Waals surface area contributed by atoms with Crippen molar-refractivity contribution >= 4 is 8.07 Å². The second kappa shape index (κ2) is 5.56. The largest absolute Gasteiger partial charge is 0.384 e. The molecular formula is C14H16OSi. The average Bonchev–Trinajstić information content (AvgIpc) is 2.23. The van der Waals surface area contributed by atoms with Crippen LogP contribution in [0.4, 0.5) is 0 Å². The molecule has 2 heteroatoms. The smallest absolute Gasteiger partial charge is 0.129 e. The normalized spacial score (nSPS) is 9.75. The summed E-state index contributed by atoms with van der Waals surface area (Å²) in [5, 5.41) is 8.61. The third-order valence-electron chi connectivity index (χ3n) is 1.76. The summed E-state index contributed by atoms with van der Waals surface area (Å²) < 4.78 is 0. The second-order valence-electron chi connectivity index (χ2n) is 4.54. The molecule has 0 aliphatic carbocycles. The molecule has 1 rings (SSSR count). The minimum absolute atomic E-state index is 0.106. The number of hydrogen-bond acceptors (Lipinski definition) is 1. The summed E-state index contributed by atoms with van der Waals surface area (Å²) in [5.74, 6) is 8.69. The molecule has 0 heterocycles. The van der Waals surface area contributed by atoms with Gasteiger partial charge in [-0.05, 0) is 18.2 Å². The van der Waals surface area contributed by atoms with Crippen LogP contribution in [-0.2, 0) is 0 Å². The zero-order valence-electron chi connectivity index (χ0n) is 9.96. The van der Waals surface area contributed by atoms with Crippen LogP contribution in [0.2, 0.25) is 19.6 Å². The van der Waals surface area contributed by atoms with E-state index >= 15 is 0 Å². The van der Waals surface area contributed by atoms with Gasteiger partial charge in [-0.25, -0.2) is 0 Å². The topological polar surface area (TPSA) is 20.2 Å². The van der Waals surface area contributed by atoms with Crippen molar-refractivity contribution in [2.24, 2.45) is 0 Å². The molecule has 0 aliphatic rings. The Morgan fingerprint density at radius 2 is 1.75 bits per heavy atom. The lowest BCUT2D eigenvalue weighted by atomic mass is 10.1. The average molecular weight is 228 g/mol.